The number of rotatable bonds is 4. The van der Waals surface area contributed by atoms with Crippen molar-refractivity contribution in [3.8, 4) is 0 Å². The fourth-order valence-corrected chi connectivity index (χ4v) is 3.73. The van der Waals surface area contributed by atoms with Crippen LogP contribution in [0.5, 0.6) is 0 Å². The van der Waals surface area contributed by atoms with Gasteiger partial charge >= 0.3 is 0 Å². The summed E-state index contributed by atoms with van der Waals surface area (Å²) in [7, 11) is 4.10. The second-order valence-electron chi connectivity index (χ2n) is 7.31. The molecule has 140 valence electrons. The molecule has 5 heteroatoms. The monoisotopic (exact) mass is 362 g/mol. The quantitative estimate of drug-likeness (QED) is 0.775. The number of aromatic nitrogens is 1. The van der Waals surface area contributed by atoms with Crippen LogP contribution < -0.4 is 9.80 Å². The van der Waals surface area contributed by atoms with Gasteiger partial charge in [0.1, 0.15) is 0 Å². The van der Waals surface area contributed by atoms with Gasteiger partial charge in [-0.15, -0.1) is 0 Å². The number of nitrogens with one attached hydrogen (secondary N) is 1. The first kappa shape index (κ1) is 17.5. The van der Waals surface area contributed by atoms with Crippen LogP contribution in [0.1, 0.15) is 5.56 Å². The van der Waals surface area contributed by atoms with E-state index in [1.165, 1.54) is 11.4 Å². The van der Waals surface area contributed by atoms with Gasteiger partial charge in [0.15, 0.2) is 0 Å². The Hall–Kier alpha value is -2.95. The van der Waals surface area contributed by atoms with E-state index in [9.17, 15) is 4.79 Å². The molecule has 0 unspecified atom stereocenters. The molecule has 5 nitrogen and oxygen atoms in total. The number of amides is 1. The molecule has 1 fully saturated rings. The lowest BCUT2D eigenvalue weighted by atomic mass is 10.1. The van der Waals surface area contributed by atoms with Gasteiger partial charge in [-0.05, 0) is 35.9 Å². The van der Waals surface area contributed by atoms with Gasteiger partial charge in [-0.1, -0.05) is 18.2 Å². The number of H-pyrrole nitrogens is 1. The van der Waals surface area contributed by atoms with Crippen molar-refractivity contribution in [1.29, 1.82) is 0 Å². The minimum atomic E-state index is 0.211. The average molecular weight is 362 g/mol. The Morgan fingerprint density at radius 1 is 1.00 bits per heavy atom. The molecule has 27 heavy (non-hydrogen) atoms. The van der Waals surface area contributed by atoms with Gasteiger partial charge in [0, 0.05) is 68.7 Å². The summed E-state index contributed by atoms with van der Waals surface area (Å²) in [5, 5.41) is 1.14. The van der Waals surface area contributed by atoms with Gasteiger partial charge < -0.3 is 19.7 Å². The second kappa shape index (κ2) is 7.35. The summed E-state index contributed by atoms with van der Waals surface area (Å²) in [5.74, 6) is 0.211. The number of carbonyl (C=O) groups is 1. The summed E-state index contributed by atoms with van der Waals surface area (Å²) < 4.78 is 0. The lowest BCUT2D eigenvalue weighted by Crippen LogP contribution is -2.49. The maximum absolute atomic E-state index is 12.8. The van der Waals surface area contributed by atoms with Crippen LogP contribution >= 0.6 is 0 Å². The molecule has 3 aromatic rings. The van der Waals surface area contributed by atoms with Crippen LogP contribution in [0.15, 0.2) is 54.7 Å². The summed E-state index contributed by atoms with van der Waals surface area (Å²) in [6.07, 6.45) is 2.42. The van der Waals surface area contributed by atoms with Crippen molar-refractivity contribution in [3.05, 3.63) is 60.3 Å². The van der Waals surface area contributed by atoms with Gasteiger partial charge in [-0.2, -0.15) is 0 Å². The van der Waals surface area contributed by atoms with Gasteiger partial charge in [-0.25, -0.2) is 0 Å². The molecule has 0 spiro atoms. The van der Waals surface area contributed by atoms with E-state index in [0.717, 1.165) is 42.6 Å². The predicted octanol–water partition coefficient (Wildman–Crippen LogP) is 3.13. The van der Waals surface area contributed by atoms with Crippen LogP contribution in [0.25, 0.3) is 10.9 Å². The highest BCUT2D eigenvalue weighted by Gasteiger charge is 2.22. The maximum Gasteiger partial charge on any atom is 0.227 e. The fraction of sp³-hybridized carbons (Fsp3) is 0.318. The highest BCUT2D eigenvalue weighted by atomic mass is 16.2. The zero-order valence-corrected chi connectivity index (χ0v) is 16.0. The van der Waals surface area contributed by atoms with Crippen LogP contribution in [0.2, 0.25) is 0 Å². The Labute approximate surface area is 160 Å². The topological polar surface area (TPSA) is 42.6 Å². The fourth-order valence-electron chi connectivity index (χ4n) is 3.73. The Bertz CT molecular complexity index is 921. The molecular weight excluding hydrogens is 336 g/mol. The van der Waals surface area contributed by atoms with Crippen molar-refractivity contribution in [2.75, 3.05) is 50.1 Å². The molecule has 4 rings (SSSR count). The first-order valence-electron chi connectivity index (χ1n) is 9.47. The van der Waals surface area contributed by atoms with Crippen LogP contribution in [-0.4, -0.2) is 56.1 Å². The summed E-state index contributed by atoms with van der Waals surface area (Å²) in [4.78, 5) is 22.5. The Morgan fingerprint density at radius 2 is 1.70 bits per heavy atom. The van der Waals surface area contributed by atoms with Crippen LogP contribution in [0.3, 0.4) is 0 Å². The van der Waals surface area contributed by atoms with E-state index in [1.807, 2.05) is 43.4 Å². The lowest BCUT2D eigenvalue weighted by Gasteiger charge is -2.36. The maximum atomic E-state index is 12.8. The molecule has 0 saturated carbocycles. The van der Waals surface area contributed by atoms with E-state index in [2.05, 4.69) is 45.1 Å². The summed E-state index contributed by atoms with van der Waals surface area (Å²) in [5.41, 5.74) is 4.60. The molecule has 0 atom stereocenters. The van der Waals surface area contributed by atoms with Crippen molar-refractivity contribution in [2.45, 2.75) is 6.42 Å². The van der Waals surface area contributed by atoms with Crippen molar-refractivity contribution < 1.29 is 4.79 Å². The van der Waals surface area contributed by atoms with Crippen LogP contribution in [0, 0.1) is 0 Å². The first-order valence-corrected chi connectivity index (χ1v) is 9.47. The number of benzene rings is 2. The van der Waals surface area contributed by atoms with Crippen molar-refractivity contribution in [3.63, 3.8) is 0 Å². The zero-order valence-electron chi connectivity index (χ0n) is 16.0. The van der Waals surface area contributed by atoms with Crippen molar-refractivity contribution in [2.24, 2.45) is 0 Å². The number of anilines is 2. The first-order chi connectivity index (χ1) is 13.1. The number of para-hydroxylation sites is 1. The third kappa shape index (κ3) is 3.63. The summed E-state index contributed by atoms with van der Waals surface area (Å²) >= 11 is 0. The number of aromatic amines is 1. The molecule has 1 N–H and O–H groups in total. The number of piperazine rings is 1. The summed E-state index contributed by atoms with van der Waals surface area (Å²) in [6.45, 7) is 3.30. The van der Waals surface area contributed by atoms with E-state index in [1.54, 1.807) is 0 Å². The minimum absolute atomic E-state index is 0.211. The summed E-state index contributed by atoms with van der Waals surface area (Å²) in [6, 6.07) is 16.8. The molecule has 1 aliphatic heterocycles. The molecule has 2 heterocycles. The normalized spacial score (nSPS) is 14.6. The number of hydrogen-bond donors (Lipinski definition) is 1. The third-order valence-corrected chi connectivity index (χ3v) is 5.38. The Morgan fingerprint density at radius 3 is 2.41 bits per heavy atom. The Balaban J connectivity index is 1.36. The van der Waals surface area contributed by atoms with E-state index < -0.39 is 0 Å². The molecule has 1 aromatic heterocycles. The average Bonchev–Trinajstić information content (AvgIpc) is 3.11. The standard InChI is InChI=1S/C22H26N4O/c1-24(2)18-7-9-19(10-8-18)25-11-13-26(14-12-25)22(27)15-17-16-23-21-6-4-3-5-20(17)21/h3-10,16,23H,11-15H2,1-2H3. The second-order valence-corrected chi connectivity index (χ2v) is 7.31. The molecule has 0 bridgehead atoms. The molecule has 1 amide bonds. The van der Waals surface area contributed by atoms with Gasteiger partial charge in [0.05, 0.1) is 6.42 Å². The SMILES string of the molecule is CN(C)c1ccc(N2CCN(C(=O)Cc3c[nH]c4ccccc34)CC2)cc1. The molecule has 0 aliphatic carbocycles. The molecule has 2 aromatic carbocycles. The molecule has 1 saturated heterocycles. The van der Waals surface area contributed by atoms with E-state index >= 15 is 0 Å². The largest absolute Gasteiger partial charge is 0.378 e. The van der Waals surface area contributed by atoms with E-state index in [-0.39, 0.29) is 5.91 Å². The van der Waals surface area contributed by atoms with Crippen LogP contribution in [0.4, 0.5) is 11.4 Å². The Kier molecular flexibility index (Phi) is 4.75. The van der Waals surface area contributed by atoms with Gasteiger partial charge in [-0.3, -0.25) is 4.79 Å². The van der Waals surface area contributed by atoms with Gasteiger partial charge in [0.25, 0.3) is 0 Å². The highest BCUT2D eigenvalue weighted by molar-refractivity contribution is 5.89. The van der Waals surface area contributed by atoms with Gasteiger partial charge in [0.2, 0.25) is 5.91 Å². The van der Waals surface area contributed by atoms with E-state index in [0.29, 0.717) is 6.42 Å². The van der Waals surface area contributed by atoms with E-state index in [4.69, 9.17) is 0 Å². The zero-order chi connectivity index (χ0) is 18.8. The molecule has 0 radical (unpaired) electrons. The molecular formula is C22H26N4O. The third-order valence-electron chi connectivity index (χ3n) is 5.38. The van der Waals surface area contributed by atoms with Crippen molar-refractivity contribution in [1.82, 2.24) is 9.88 Å². The lowest BCUT2D eigenvalue weighted by molar-refractivity contribution is -0.130. The van der Waals surface area contributed by atoms with Crippen LogP contribution in [-0.2, 0) is 11.2 Å². The van der Waals surface area contributed by atoms with Crippen molar-refractivity contribution >= 4 is 28.2 Å². The molecule has 1 aliphatic rings. The predicted molar refractivity (Wildman–Crippen MR) is 112 cm³/mol. The number of nitrogens with zero attached hydrogens (tertiary/aromatic N) is 3. The number of fused-ring (bicyclic) bond motifs is 1. The number of hydrogen-bond acceptors (Lipinski definition) is 3. The minimum Gasteiger partial charge on any atom is -0.378 e. The highest BCUT2D eigenvalue weighted by Crippen LogP contribution is 2.22. The smallest absolute Gasteiger partial charge is 0.227 e. The number of carbonyl (C=O) groups excluding carboxylic acids is 1.